The molecule has 0 saturated heterocycles. The first-order chi connectivity index (χ1) is 9.65. The smallest absolute Gasteiger partial charge is 0.315 e. The molecular weight excluding hydrogens is 274 g/mol. The minimum Gasteiger partial charge on any atom is -0.373 e. The summed E-state index contributed by atoms with van der Waals surface area (Å²) in [6, 6.07) is 7.99. The molecule has 0 atom stereocenters. The van der Waals surface area contributed by atoms with Crippen LogP contribution in [0.5, 0.6) is 0 Å². The highest BCUT2D eigenvalue weighted by molar-refractivity contribution is 6.30. The predicted octanol–water partition coefficient (Wildman–Crippen LogP) is 3.02. The Bertz CT molecular complexity index is 429. The molecule has 1 aliphatic rings. The van der Waals surface area contributed by atoms with E-state index in [-0.39, 0.29) is 6.03 Å². The summed E-state index contributed by atoms with van der Waals surface area (Å²) < 4.78 is 0. The number of urea groups is 1. The fraction of sp³-hybridized carbons (Fsp3) is 0.533. The fourth-order valence-electron chi connectivity index (χ4n) is 2.47. The third-order valence-corrected chi connectivity index (χ3v) is 3.94. The molecule has 2 N–H and O–H groups in total. The average molecular weight is 296 g/mol. The van der Waals surface area contributed by atoms with E-state index < -0.39 is 0 Å². The zero-order chi connectivity index (χ0) is 14.4. The Kier molecular flexibility index (Phi) is 5.53. The zero-order valence-electron chi connectivity index (χ0n) is 11.9. The van der Waals surface area contributed by atoms with Crippen LogP contribution in [0.15, 0.2) is 24.3 Å². The average Bonchev–Trinajstić information content (AvgIpc) is 2.92. The largest absolute Gasteiger partial charge is 0.373 e. The summed E-state index contributed by atoms with van der Waals surface area (Å²) in [4.78, 5) is 13.8. The van der Waals surface area contributed by atoms with Gasteiger partial charge in [0.2, 0.25) is 0 Å². The summed E-state index contributed by atoms with van der Waals surface area (Å²) in [5.41, 5.74) is 1.09. The molecule has 0 aromatic heterocycles. The monoisotopic (exact) mass is 295 g/mol. The molecule has 0 aliphatic heterocycles. The van der Waals surface area contributed by atoms with Gasteiger partial charge >= 0.3 is 6.03 Å². The van der Waals surface area contributed by atoms with Crippen molar-refractivity contribution in [1.29, 1.82) is 0 Å². The zero-order valence-corrected chi connectivity index (χ0v) is 12.6. The van der Waals surface area contributed by atoms with Crippen LogP contribution >= 0.6 is 11.6 Å². The molecule has 1 aromatic rings. The van der Waals surface area contributed by atoms with Gasteiger partial charge in [0, 0.05) is 36.9 Å². The first-order valence-electron chi connectivity index (χ1n) is 7.16. The van der Waals surface area contributed by atoms with Gasteiger partial charge in [-0.05, 0) is 37.1 Å². The van der Waals surface area contributed by atoms with E-state index in [1.807, 2.05) is 31.3 Å². The molecule has 1 aromatic carbocycles. The van der Waals surface area contributed by atoms with Gasteiger partial charge in [-0.2, -0.15) is 0 Å². The van der Waals surface area contributed by atoms with Crippen molar-refractivity contribution in [3.05, 3.63) is 29.3 Å². The lowest BCUT2D eigenvalue weighted by atomic mass is 10.2. The van der Waals surface area contributed by atoms with E-state index in [4.69, 9.17) is 11.6 Å². The molecule has 1 aliphatic carbocycles. The van der Waals surface area contributed by atoms with Crippen molar-refractivity contribution in [3.8, 4) is 0 Å². The van der Waals surface area contributed by atoms with E-state index in [1.54, 1.807) is 0 Å². The first kappa shape index (κ1) is 15.0. The van der Waals surface area contributed by atoms with Crippen LogP contribution in [0.4, 0.5) is 10.5 Å². The Balaban J connectivity index is 1.66. The van der Waals surface area contributed by atoms with Crippen molar-refractivity contribution >= 4 is 23.3 Å². The summed E-state index contributed by atoms with van der Waals surface area (Å²) in [5, 5.41) is 6.65. The summed E-state index contributed by atoms with van der Waals surface area (Å²) in [7, 11) is 2.00. The Morgan fingerprint density at radius 3 is 2.60 bits per heavy atom. The van der Waals surface area contributed by atoms with Crippen LogP contribution in [0.1, 0.15) is 25.7 Å². The fourth-order valence-corrected chi connectivity index (χ4v) is 2.59. The third kappa shape index (κ3) is 4.60. The van der Waals surface area contributed by atoms with Gasteiger partial charge in [0.1, 0.15) is 0 Å². The van der Waals surface area contributed by atoms with Gasteiger partial charge in [0.05, 0.1) is 0 Å². The Morgan fingerprint density at radius 2 is 1.95 bits per heavy atom. The van der Waals surface area contributed by atoms with Gasteiger partial charge in [-0.15, -0.1) is 0 Å². The number of anilines is 1. The topological polar surface area (TPSA) is 44.4 Å². The van der Waals surface area contributed by atoms with Crippen LogP contribution in [-0.4, -0.2) is 32.2 Å². The predicted molar refractivity (Wildman–Crippen MR) is 83.5 cm³/mol. The molecule has 110 valence electrons. The van der Waals surface area contributed by atoms with Crippen molar-refractivity contribution in [2.24, 2.45) is 0 Å². The molecule has 2 amide bonds. The van der Waals surface area contributed by atoms with Gasteiger partial charge in [-0.25, -0.2) is 4.79 Å². The van der Waals surface area contributed by atoms with Crippen molar-refractivity contribution in [1.82, 2.24) is 10.6 Å². The van der Waals surface area contributed by atoms with E-state index in [1.165, 1.54) is 12.8 Å². The summed E-state index contributed by atoms with van der Waals surface area (Å²) >= 11 is 5.86. The standard InChI is InChI=1S/C15H22ClN3O/c1-19(14-8-6-12(16)7-9-14)11-10-17-15(20)18-13-4-2-3-5-13/h6-9,13H,2-5,10-11H2,1H3,(H2,17,18,20). The number of hydrogen-bond donors (Lipinski definition) is 2. The number of amides is 2. The van der Waals surface area contributed by atoms with Crippen LogP contribution in [0.3, 0.4) is 0 Å². The quantitative estimate of drug-likeness (QED) is 0.877. The molecular formula is C15H22ClN3O. The van der Waals surface area contributed by atoms with Crippen molar-refractivity contribution in [3.63, 3.8) is 0 Å². The number of halogens is 1. The number of hydrogen-bond acceptors (Lipinski definition) is 2. The van der Waals surface area contributed by atoms with Crippen LogP contribution in [-0.2, 0) is 0 Å². The van der Waals surface area contributed by atoms with Gasteiger partial charge < -0.3 is 15.5 Å². The lowest BCUT2D eigenvalue weighted by Gasteiger charge is -2.20. The molecule has 1 saturated carbocycles. The van der Waals surface area contributed by atoms with Crippen molar-refractivity contribution < 1.29 is 4.79 Å². The number of likely N-dealkylation sites (N-methyl/N-ethyl adjacent to an activating group) is 1. The molecule has 4 nitrogen and oxygen atoms in total. The Labute approximate surface area is 125 Å². The van der Waals surface area contributed by atoms with Crippen molar-refractivity contribution in [2.45, 2.75) is 31.7 Å². The maximum Gasteiger partial charge on any atom is 0.315 e. The van der Waals surface area contributed by atoms with E-state index >= 15 is 0 Å². The highest BCUT2D eigenvalue weighted by Crippen LogP contribution is 2.17. The van der Waals surface area contributed by atoms with Gasteiger partial charge in [-0.1, -0.05) is 24.4 Å². The van der Waals surface area contributed by atoms with Crippen LogP contribution in [0.2, 0.25) is 5.02 Å². The minimum atomic E-state index is -0.0543. The number of nitrogens with zero attached hydrogens (tertiary/aromatic N) is 1. The summed E-state index contributed by atoms with van der Waals surface area (Å²) in [6.07, 6.45) is 4.67. The second kappa shape index (κ2) is 7.39. The molecule has 0 radical (unpaired) electrons. The molecule has 0 heterocycles. The lowest BCUT2D eigenvalue weighted by Crippen LogP contribution is -2.43. The van der Waals surface area contributed by atoms with E-state index in [2.05, 4.69) is 15.5 Å². The highest BCUT2D eigenvalue weighted by Gasteiger charge is 2.16. The number of nitrogens with one attached hydrogen (secondary N) is 2. The summed E-state index contributed by atoms with van der Waals surface area (Å²) in [6.45, 7) is 1.39. The summed E-state index contributed by atoms with van der Waals surface area (Å²) in [5.74, 6) is 0. The number of carbonyl (C=O) groups excluding carboxylic acids is 1. The maximum absolute atomic E-state index is 11.7. The SMILES string of the molecule is CN(CCNC(=O)NC1CCCC1)c1ccc(Cl)cc1. The second-order valence-electron chi connectivity index (χ2n) is 5.28. The van der Waals surface area contributed by atoms with E-state index in [0.717, 1.165) is 30.1 Å². The number of benzene rings is 1. The van der Waals surface area contributed by atoms with E-state index in [9.17, 15) is 4.79 Å². The molecule has 1 fully saturated rings. The van der Waals surface area contributed by atoms with Crippen LogP contribution < -0.4 is 15.5 Å². The Morgan fingerprint density at radius 1 is 1.30 bits per heavy atom. The lowest BCUT2D eigenvalue weighted by molar-refractivity contribution is 0.237. The van der Waals surface area contributed by atoms with Crippen molar-refractivity contribution in [2.75, 3.05) is 25.0 Å². The van der Waals surface area contributed by atoms with Crippen LogP contribution in [0.25, 0.3) is 0 Å². The normalized spacial score (nSPS) is 15.1. The molecule has 0 unspecified atom stereocenters. The first-order valence-corrected chi connectivity index (χ1v) is 7.54. The number of rotatable bonds is 5. The minimum absolute atomic E-state index is 0.0543. The third-order valence-electron chi connectivity index (χ3n) is 3.69. The molecule has 0 bridgehead atoms. The van der Waals surface area contributed by atoms with Crippen LogP contribution in [0, 0.1) is 0 Å². The second-order valence-corrected chi connectivity index (χ2v) is 5.72. The van der Waals surface area contributed by atoms with Gasteiger partial charge in [-0.3, -0.25) is 0 Å². The maximum atomic E-state index is 11.7. The molecule has 2 rings (SSSR count). The number of carbonyl (C=O) groups is 1. The molecule has 5 heteroatoms. The van der Waals surface area contributed by atoms with Gasteiger partial charge in [0.15, 0.2) is 0 Å². The van der Waals surface area contributed by atoms with E-state index in [0.29, 0.717) is 12.6 Å². The molecule has 0 spiro atoms. The highest BCUT2D eigenvalue weighted by atomic mass is 35.5. The van der Waals surface area contributed by atoms with Gasteiger partial charge in [0.25, 0.3) is 0 Å². The molecule has 20 heavy (non-hydrogen) atoms. The Hall–Kier alpha value is -1.42.